The summed E-state index contributed by atoms with van der Waals surface area (Å²) in [4.78, 5) is 12.4. The predicted octanol–water partition coefficient (Wildman–Crippen LogP) is 4.46. The molecular formula is C17H14BrNO4. The van der Waals surface area contributed by atoms with Crippen molar-refractivity contribution in [1.82, 2.24) is 0 Å². The third kappa shape index (κ3) is 3.17. The minimum atomic E-state index is -0.358. The molecule has 0 aliphatic rings. The van der Waals surface area contributed by atoms with Gasteiger partial charge in [-0.25, -0.2) is 0 Å². The fourth-order valence-corrected chi connectivity index (χ4v) is 2.60. The SMILES string of the molecule is COc1ccc(OC)c(NC(=O)c2cc3cc(Br)ccc3o2)c1. The zero-order valence-corrected chi connectivity index (χ0v) is 14.1. The van der Waals surface area contributed by atoms with Crippen molar-refractivity contribution in [3.05, 3.63) is 52.7 Å². The summed E-state index contributed by atoms with van der Waals surface area (Å²) in [5.74, 6) is 1.03. The lowest BCUT2D eigenvalue weighted by molar-refractivity contribution is 0.0998. The Morgan fingerprint density at radius 3 is 2.65 bits per heavy atom. The number of benzene rings is 2. The first-order valence-corrected chi connectivity index (χ1v) is 7.62. The fourth-order valence-electron chi connectivity index (χ4n) is 2.22. The minimum absolute atomic E-state index is 0.225. The molecule has 0 aliphatic carbocycles. The largest absolute Gasteiger partial charge is 0.497 e. The number of amides is 1. The van der Waals surface area contributed by atoms with E-state index >= 15 is 0 Å². The van der Waals surface area contributed by atoms with Crippen molar-refractivity contribution in [3.63, 3.8) is 0 Å². The van der Waals surface area contributed by atoms with Gasteiger partial charge in [-0.2, -0.15) is 0 Å². The summed E-state index contributed by atoms with van der Waals surface area (Å²) in [5.41, 5.74) is 1.16. The highest BCUT2D eigenvalue weighted by Gasteiger charge is 2.15. The van der Waals surface area contributed by atoms with Crippen LogP contribution in [0.4, 0.5) is 5.69 Å². The van der Waals surface area contributed by atoms with Crippen molar-refractivity contribution in [1.29, 1.82) is 0 Å². The van der Waals surface area contributed by atoms with Crippen molar-refractivity contribution in [2.24, 2.45) is 0 Å². The molecule has 118 valence electrons. The van der Waals surface area contributed by atoms with E-state index in [-0.39, 0.29) is 11.7 Å². The summed E-state index contributed by atoms with van der Waals surface area (Å²) in [6.07, 6.45) is 0. The number of carbonyl (C=O) groups excluding carboxylic acids is 1. The molecule has 0 fully saturated rings. The summed E-state index contributed by atoms with van der Waals surface area (Å²) >= 11 is 3.39. The fraction of sp³-hybridized carbons (Fsp3) is 0.118. The number of fused-ring (bicyclic) bond motifs is 1. The standard InChI is InChI=1S/C17H14BrNO4/c1-21-12-4-6-15(22-2)13(9-12)19-17(20)16-8-10-7-11(18)3-5-14(10)23-16/h3-9H,1-2H3,(H,19,20). The summed E-state index contributed by atoms with van der Waals surface area (Å²) in [5, 5.41) is 3.63. The molecule has 1 N–H and O–H groups in total. The number of anilines is 1. The zero-order chi connectivity index (χ0) is 16.4. The van der Waals surface area contributed by atoms with E-state index in [4.69, 9.17) is 13.9 Å². The Morgan fingerprint density at radius 1 is 1.09 bits per heavy atom. The molecule has 0 aliphatic heterocycles. The van der Waals surface area contributed by atoms with Gasteiger partial charge in [0.25, 0.3) is 5.91 Å². The molecule has 0 saturated carbocycles. The maximum absolute atomic E-state index is 12.4. The molecule has 3 rings (SSSR count). The quantitative estimate of drug-likeness (QED) is 0.730. The number of nitrogens with one attached hydrogen (secondary N) is 1. The zero-order valence-electron chi connectivity index (χ0n) is 12.6. The molecule has 0 bridgehead atoms. The van der Waals surface area contributed by atoms with Crippen molar-refractivity contribution in [3.8, 4) is 11.5 Å². The van der Waals surface area contributed by atoms with Crippen molar-refractivity contribution >= 4 is 38.5 Å². The summed E-state index contributed by atoms with van der Waals surface area (Å²) < 4.78 is 16.9. The van der Waals surface area contributed by atoms with Gasteiger partial charge in [-0.15, -0.1) is 0 Å². The molecular weight excluding hydrogens is 362 g/mol. The van der Waals surface area contributed by atoms with Gasteiger partial charge in [0.15, 0.2) is 5.76 Å². The molecule has 0 atom stereocenters. The molecule has 0 unspecified atom stereocenters. The van der Waals surface area contributed by atoms with Crippen molar-refractivity contribution < 1.29 is 18.7 Å². The van der Waals surface area contributed by atoms with E-state index in [9.17, 15) is 4.79 Å². The van der Waals surface area contributed by atoms with Crippen LogP contribution in [0.5, 0.6) is 11.5 Å². The smallest absolute Gasteiger partial charge is 0.291 e. The Labute approximate surface area is 141 Å². The van der Waals surface area contributed by atoms with Crippen LogP contribution in [-0.4, -0.2) is 20.1 Å². The Hall–Kier alpha value is -2.47. The maximum Gasteiger partial charge on any atom is 0.291 e. The molecule has 6 heteroatoms. The van der Waals surface area contributed by atoms with E-state index in [1.54, 1.807) is 31.4 Å². The van der Waals surface area contributed by atoms with Crippen LogP contribution >= 0.6 is 15.9 Å². The van der Waals surface area contributed by atoms with Gasteiger partial charge in [0.1, 0.15) is 17.1 Å². The Kier molecular flexibility index (Phi) is 4.25. The summed E-state index contributed by atoms with van der Waals surface area (Å²) in [6.45, 7) is 0. The van der Waals surface area contributed by atoms with Gasteiger partial charge in [-0.3, -0.25) is 4.79 Å². The molecule has 23 heavy (non-hydrogen) atoms. The molecule has 1 amide bonds. The highest BCUT2D eigenvalue weighted by molar-refractivity contribution is 9.10. The van der Waals surface area contributed by atoms with Gasteiger partial charge in [0, 0.05) is 15.9 Å². The first-order valence-electron chi connectivity index (χ1n) is 6.83. The van der Waals surface area contributed by atoms with Gasteiger partial charge in [0.05, 0.1) is 19.9 Å². The van der Waals surface area contributed by atoms with E-state index in [1.165, 1.54) is 7.11 Å². The monoisotopic (exact) mass is 375 g/mol. The maximum atomic E-state index is 12.4. The molecule has 5 nitrogen and oxygen atoms in total. The number of methoxy groups -OCH3 is 2. The topological polar surface area (TPSA) is 60.7 Å². The van der Waals surface area contributed by atoms with Gasteiger partial charge < -0.3 is 19.2 Å². The van der Waals surface area contributed by atoms with Gasteiger partial charge >= 0.3 is 0 Å². The van der Waals surface area contributed by atoms with Crippen LogP contribution < -0.4 is 14.8 Å². The lowest BCUT2D eigenvalue weighted by Gasteiger charge is -2.10. The van der Waals surface area contributed by atoms with Crippen LogP contribution in [0.15, 0.2) is 51.4 Å². The number of hydrogen-bond donors (Lipinski definition) is 1. The third-order valence-corrected chi connectivity index (χ3v) is 3.85. The Morgan fingerprint density at radius 2 is 1.91 bits per heavy atom. The van der Waals surface area contributed by atoms with Gasteiger partial charge in [-0.05, 0) is 36.4 Å². The van der Waals surface area contributed by atoms with E-state index in [0.717, 1.165) is 9.86 Å². The molecule has 0 radical (unpaired) electrons. The van der Waals surface area contributed by atoms with Gasteiger partial charge in [0.2, 0.25) is 0 Å². The number of rotatable bonds is 4. The lowest BCUT2D eigenvalue weighted by atomic mass is 10.2. The van der Waals surface area contributed by atoms with Crippen LogP contribution in [0.3, 0.4) is 0 Å². The number of halogens is 1. The minimum Gasteiger partial charge on any atom is -0.497 e. The molecule has 2 aromatic carbocycles. The van der Waals surface area contributed by atoms with Crippen LogP contribution in [0, 0.1) is 0 Å². The Balaban J connectivity index is 1.91. The number of hydrogen-bond acceptors (Lipinski definition) is 4. The predicted molar refractivity (Wildman–Crippen MR) is 91.4 cm³/mol. The van der Waals surface area contributed by atoms with Crippen LogP contribution in [0.25, 0.3) is 11.0 Å². The third-order valence-electron chi connectivity index (χ3n) is 3.36. The molecule has 0 spiro atoms. The van der Waals surface area contributed by atoms with Gasteiger partial charge in [-0.1, -0.05) is 15.9 Å². The molecule has 0 saturated heterocycles. The molecule has 3 aromatic rings. The average Bonchev–Trinajstić information content (AvgIpc) is 2.98. The van der Waals surface area contributed by atoms with E-state index in [2.05, 4.69) is 21.2 Å². The van der Waals surface area contributed by atoms with E-state index in [1.807, 2.05) is 18.2 Å². The first-order chi connectivity index (χ1) is 11.1. The normalized spacial score (nSPS) is 10.6. The molecule has 1 aromatic heterocycles. The first kappa shape index (κ1) is 15.4. The average molecular weight is 376 g/mol. The second-order valence-corrected chi connectivity index (χ2v) is 5.73. The number of furan rings is 1. The lowest BCUT2D eigenvalue weighted by Crippen LogP contribution is -2.11. The van der Waals surface area contributed by atoms with Crippen LogP contribution in [0.2, 0.25) is 0 Å². The van der Waals surface area contributed by atoms with E-state index in [0.29, 0.717) is 22.8 Å². The summed E-state index contributed by atoms with van der Waals surface area (Å²) in [7, 11) is 3.10. The van der Waals surface area contributed by atoms with E-state index < -0.39 is 0 Å². The number of carbonyl (C=O) groups is 1. The van der Waals surface area contributed by atoms with Crippen LogP contribution in [-0.2, 0) is 0 Å². The summed E-state index contributed by atoms with van der Waals surface area (Å²) in [6, 6.07) is 12.4. The highest BCUT2D eigenvalue weighted by Crippen LogP contribution is 2.30. The molecule has 1 heterocycles. The second-order valence-electron chi connectivity index (χ2n) is 4.81. The highest BCUT2D eigenvalue weighted by atomic mass is 79.9. The second kappa shape index (κ2) is 6.34. The van der Waals surface area contributed by atoms with Crippen molar-refractivity contribution in [2.45, 2.75) is 0 Å². The van der Waals surface area contributed by atoms with Crippen LogP contribution in [0.1, 0.15) is 10.6 Å². The number of ether oxygens (including phenoxy) is 2. The van der Waals surface area contributed by atoms with Crippen molar-refractivity contribution in [2.75, 3.05) is 19.5 Å². The Bertz CT molecular complexity index is 872.